The van der Waals surface area contributed by atoms with Gasteiger partial charge in [0.15, 0.2) is 0 Å². The standard InChI is InChI=1S/C13H17N3O4/c1-4-14-12(17)13(18)16-15-8-9-5-6-10(19-2)7-11(9)20-3/h5-8H,4H2,1-3H3,(H,14,17)(H,16,18)/b15-8-. The summed E-state index contributed by atoms with van der Waals surface area (Å²) in [6.45, 7) is 2.10. The first kappa shape index (κ1) is 15.5. The van der Waals surface area contributed by atoms with Gasteiger partial charge < -0.3 is 14.8 Å². The van der Waals surface area contributed by atoms with Crippen molar-refractivity contribution in [1.82, 2.24) is 10.7 Å². The van der Waals surface area contributed by atoms with Gasteiger partial charge in [0.1, 0.15) is 11.5 Å². The molecule has 1 aromatic rings. The minimum Gasteiger partial charge on any atom is -0.497 e. The third-order valence-electron chi connectivity index (χ3n) is 2.35. The number of hydrogen-bond donors (Lipinski definition) is 2. The number of amides is 2. The average molecular weight is 279 g/mol. The van der Waals surface area contributed by atoms with Crippen molar-refractivity contribution in [3.8, 4) is 11.5 Å². The summed E-state index contributed by atoms with van der Waals surface area (Å²) in [7, 11) is 3.06. The second-order valence-corrected chi connectivity index (χ2v) is 3.67. The summed E-state index contributed by atoms with van der Waals surface area (Å²) >= 11 is 0. The Balaban J connectivity index is 2.71. The zero-order chi connectivity index (χ0) is 15.0. The molecule has 1 aromatic carbocycles. The quantitative estimate of drug-likeness (QED) is 0.460. The fourth-order valence-corrected chi connectivity index (χ4v) is 1.38. The molecular weight excluding hydrogens is 262 g/mol. The maximum atomic E-state index is 11.3. The van der Waals surface area contributed by atoms with Gasteiger partial charge in [0.25, 0.3) is 0 Å². The van der Waals surface area contributed by atoms with E-state index in [0.29, 0.717) is 23.6 Å². The van der Waals surface area contributed by atoms with Crippen LogP contribution >= 0.6 is 0 Å². The van der Waals surface area contributed by atoms with Crippen LogP contribution in [0.2, 0.25) is 0 Å². The number of hydrazone groups is 1. The number of hydrogen-bond acceptors (Lipinski definition) is 5. The Morgan fingerprint density at radius 1 is 1.25 bits per heavy atom. The average Bonchev–Trinajstić information content (AvgIpc) is 2.47. The molecule has 0 aliphatic heterocycles. The largest absolute Gasteiger partial charge is 0.497 e. The molecule has 2 amide bonds. The summed E-state index contributed by atoms with van der Waals surface area (Å²) in [4.78, 5) is 22.4. The number of methoxy groups -OCH3 is 2. The molecule has 7 nitrogen and oxygen atoms in total. The highest BCUT2D eigenvalue weighted by atomic mass is 16.5. The van der Waals surface area contributed by atoms with Gasteiger partial charge >= 0.3 is 11.8 Å². The van der Waals surface area contributed by atoms with E-state index < -0.39 is 11.8 Å². The van der Waals surface area contributed by atoms with E-state index in [2.05, 4.69) is 15.8 Å². The fraction of sp³-hybridized carbons (Fsp3) is 0.308. The minimum absolute atomic E-state index is 0.377. The van der Waals surface area contributed by atoms with Gasteiger partial charge in [-0.15, -0.1) is 0 Å². The lowest BCUT2D eigenvalue weighted by molar-refractivity contribution is -0.139. The summed E-state index contributed by atoms with van der Waals surface area (Å²) in [5.41, 5.74) is 2.77. The predicted octanol–water partition coefficient (Wildman–Crippen LogP) is 0.290. The highest BCUT2D eigenvalue weighted by molar-refractivity contribution is 6.35. The molecule has 0 heterocycles. The van der Waals surface area contributed by atoms with E-state index in [-0.39, 0.29) is 0 Å². The van der Waals surface area contributed by atoms with Crippen LogP contribution in [0.4, 0.5) is 0 Å². The molecule has 0 fully saturated rings. The summed E-state index contributed by atoms with van der Waals surface area (Å²) in [6.07, 6.45) is 1.38. The summed E-state index contributed by atoms with van der Waals surface area (Å²) in [6, 6.07) is 5.14. The second-order valence-electron chi connectivity index (χ2n) is 3.67. The highest BCUT2D eigenvalue weighted by Crippen LogP contribution is 2.22. The van der Waals surface area contributed by atoms with Gasteiger partial charge in [-0.05, 0) is 19.1 Å². The molecule has 0 aliphatic rings. The first-order valence-corrected chi connectivity index (χ1v) is 5.95. The number of carbonyl (C=O) groups excluding carboxylic acids is 2. The first-order chi connectivity index (χ1) is 9.62. The van der Waals surface area contributed by atoms with Crippen LogP contribution in [0.1, 0.15) is 12.5 Å². The molecule has 0 aromatic heterocycles. The molecule has 0 saturated carbocycles. The number of nitrogens with one attached hydrogen (secondary N) is 2. The van der Waals surface area contributed by atoms with E-state index in [1.165, 1.54) is 13.3 Å². The third-order valence-corrected chi connectivity index (χ3v) is 2.35. The van der Waals surface area contributed by atoms with E-state index >= 15 is 0 Å². The molecule has 0 unspecified atom stereocenters. The van der Waals surface area contributed by atoms with Crippen molar-refractivity contribution in [2.24, 2.45) is 5.10 Å². The van der Waals surface area contributed by atoms with Gasteiger partial charge in [0, 0.05) is 18.2 Å². The second kappa shape index (κ2) is 7.78. The van der Waals surface area contributed by atoms with Crippen molar-refractivity contribution in [1.29, 1.82) is 0 Å². The molecule has 1 rings (SSSR count). The van der Waals surface area contributed by atoms with Crippen molar-refractivity contribution in [2.45, 2.75) is 6.92 Å². The van der Waals surface area contributed by atoms with Crippen LogP contribution in [0.3, 0.4) is 0 Å². The number of rotatable bonds is 5. The highest BCUT2D eigenvalue weighted by Gasteiger charge is 2.10. The lowest BCUT2D eigenvalue weighted by Crippen LogP contribution is -2.37. The third kappa shape index (κ3) is 4.27. The van der Waals surface area contributed by atoms with Crippen LogP contribution in [0.25, 0.3) is 0 Å². The molecule has 0 spiro atoms. The molecule has 108 valence electrons. The molecule has 0 radical (unpaired) electrons. The molecule has 0 aliphatic carbocycles. The monoisotopic (exact) mass is 279 g/mol. The number of likely N-dealkylation sites (N-methyl/N-ethyl adjacent to an activating group) is 1. The van der Waals surface area contributed by atoms with Gasteiger partial charge in [-0.1, -0.05) is 0 Å². The first-order valence-electron chi connectivity index (χ1n) is 5.95. The molecule has 0 saturated heterocycles. The Kier molecular flexibility index (Phi) is 6.02. The smallest absolute Gasteiger partial charge is 0.329 e. The van der Waals surface area contributed by atoms with Crippen molar-refractivity contribution in [3.05, 3.63) is 23.8 Å². The van der Waals surface area contributed by atoms with Crippen LogP contribution in [0.15, 0.2) is 23.3 Å². The lowest BCUT2D eigenvalue weighted by atomic mass is 10.2. The molecule has 7 heteroatoms. The van der Waals surface area contributed by atoms with Crippen LogP contribution in [0.5, 0.6) is 11.5 Å². The van der Waals surface area contributed by atoms with Crippen molar-refractivity contribution >= 4 is 18.0 Å². The van der Waals surface area contributed by atoms with Gasteiger partial charge in [-0.25, -0.2) is 5.43 Å². The molecule has 0 atom stereocenters. The van der Waals surface area contributed by atoms with Crippen LogP contribution in [-0.2, 0) is 9.59 Å². The summed E-state index contributed by atoms with van der Waals surface area (Å²) in [5, 5.41) is 6.07. The SMILES string of the molecule is CCNC(=O)C(=O)N/N=C\c1ccc(OC)cc1OC. The number of ether oxygens (including phenoxy) is 2. The molecule has 2 N–H and O–H groups in total. The van der Waals surface area contributed by atoms with E-state index in [9.17, 15) is 9.59 Å². The van der Waals surface area contributed by atoms with Gasteiger partial charge in [0.2, 0.25) is 0 Å². The van der Waals surface area contributed by atoms with Crippen molar-refractivity contribution < 1.29 is 19.1 Å². The Labute approximate surface area is 117 Å². The van der Waals surface area contributed by atoms with Gasteiger partial charge in [-0.2, -0.15) is 5.10 Å². The Hall–Kier alpha value is -2.57. The Bertz CT molecular complexity index is 514. The zero-order valence-electron chi connectivity index (χ0n) is 11.6. The molecule has 0 bridgehead atoms. The van der Waals surface area contributed by atoms with Crippen LogP contribution in [0, 0.1) is 0 Å². The van der Waals surface area contributed by atoms with Gasteiger partial charge in [-0.3, -0.25) is 9.59 Å². The van der Waals surface area contributed by atoms with Crippen molar-refractivity contribution in [3.63, 3.8) is 0 Å². The summed E-state index contributed by atoms with van der Waals surface area (Å²) in [5.74, 6) is -0.368. The zero-order valence-corrected chi connectivity index (χ0v) is 11.6. The fourth-order valence-electron chi connectivity index (χ4n) is 1.38. The number of nitrogens with zero attached hydrogens (tertiary/aromatic N) is 1. The molecular formula is C13H17N3O4. The maximum absolute atomic E-state index is 11.3. The Morgan fingerprint density at radius 2 is 2.00 bits per heavy atom. The van der Waals surface area contributed by atoms with E-state index in [0.717, 1.165) is 0 Å². The number of carbonyl (C=O) groups is 2. The van der Waals surface area contributed by atoms with E-state index in [1.54, 1.807) is 32.2 Å². The van der Waals surface area contributed by atoms with E-state index in [1.807, 2.05) is 0 Å². The van der Waals surface area contributed by atoms with Crippen LogP contribution in [-0.4, -0.2) is 38.8 Å². The van der Waals surface area contributed by atoms with E-state index in [4.69, 9.17) is 9.47 Å². The maximum Gasteiger partial charge on any atom is 0.329 e. The lowest BCUT2D eigenvalue weighted by Gasteiger charge is -2.06. The van der Waals surface area contributed by atoms with Crippen molar-refractivity contribution in [2.75, 3.05) is 20.8 Å². The predicted molar refractivity (Wildman–Crippen MR) is 74.0 cm³/mol. The van der Waals surface area contributed by atoms with Gasteiger partial charge in [0.05, 0.1) is 20.4 Å². The van der Waals surface area contributed by atoms with Crippen LogP contribution < -0.4 is 20.2 Å². The molecule has 20 heavy (non-hydrogen) atoms. The number of benzene rings is 1. The minimum atomic E-state index is -0.824. The Morgan fingerprint density at radius 3 is 2.60 bits per heavy atom. The normalized spacial score (nSPS) is 10.2. The summed E-state index contributed by atoms with van der Waals surface area (Å²) < 4.78 is 10.2. The topological polar surface area (TPSA) is 89.0 Å².